The van der Waals surface area contributed by atoms with Crippen molar-refractivity contribution in [1.82, 2.24) is 0 Å². The topological polar surface area (TPSA) is 35.8 Å². The molecular formula is C15H15BrN2S. The van der Waals surface area contributed by atoms with Crippen molar-refractivity contribution < 1.29 is 0 Å². The van der Waals surface area contributed by atoms with Crippen molar-refractivity contribution in [2.75, 3.05) is 5.32 Å². The van der Waals surface area contributed by atoms with E-state index in [1.54, 1.807) is 11.3 Å². The summed E-state index contributed by atoms with van der Waals surface area (Å²) in [6.07, 6.45) is 0. The summed E-state index contributed by atoms with van der Waals surface area (Å²) in [6, 6.07) is 10.3. The molecule has 1 heterocycles. The average molecular weight is 335 g/mol. The second-order valence-corrected chi connectivity index (χ2v) is 6.91. The standard InChI is InChI=1S/C15H15BrN2S/c1-9-6-14(11(3)19-9)10(2)18-15-7-13(16)5-4-12(15)8-17/h4-7,10,18H,1-3H3. The Kier molecular flexibility index (Phi) is 4.28. The number of nitriles is 1. The van der Waals surface area contributed by atoms with Gasteiger partial charge in [-0.2, -0.15) is 5.26 Å². The fourth-order valence-corrected chi connectivity index (χ4v) is 3.51. The Balaban J connectivity index is 2.29. The fraction of sp³-hybridized carbons (Fsp3) is 0.267. The number of halogens is 1. The minimum atomic E-state index is 0.186. The smallest absolute Gasteiger partial charge is 0.101 e. The van der Waals surface area contributed by atoms with Gasteiger partial charge in [0.05, 0.1) is 11.3 Å². The van der Waals surface area contributed by atoms with Gasteiger partial charge < -0.3 is 5.32 Å². The first kappa shape index (κ1) is 14.1. The molecule has 0 saturated carbocycles. The molecule has 1 N–H and O–H groups in total. The zero-order valence-electron chi connectivity index (χ0n) is 11.1. The van der Waals surface area contributed by atoms with E-state index in [-0.39, 0.29) is 6.04 Å². The Bertz CT molecular complexity index is 640. The molecule has 19 heavy (non-hydrogen) atoms. The van der Waals surface area contributed by atoms with Crippen molar-refractivity contribution in [3.63, 3.8) is 0 Å². The molecule has 4 heteroatoms. The molecule has 2 rings (SSSR count). The number of nitrogens with one attached hydrogen (secondary N) is 1. The van der Waals surface area contributed by atoms with E-state index in [2.05, 4.69) is 54.2 Å². The van der Waals surface area contributed by atoms with Crippen LogP contribution in [0.5, 0.6) is 0 Å². The zero-order valence-corrected chi connectivity index (χ0v) is 13.5. The summed E-state index contributed by atoms with van der Waals surface area (Å²) in [7, 11) is 0. The molecule has 0 amide bonds. The van der Waals surface area contributed by atoms with Crippen LogP contribution in [0.3, 0.4) is 0 Å². The predicted octanol–water partition coefficient (Wildman–Crippen LogP) is 5.17. The molecule has 0 saturated heterocycles. The van der Waals surface area contributed by atoms with Gasteiger partial charge in [0, 0.05) is 20.3 Å². The third-order valence-electron chi connectivity index (χ3n) is 3.02. The van der Waals surface area contributed by atoms with Crippen LogP contribution in [0.25, 0.3) is 0 Å². The predicted molar refractivity (Wildman–Crippen MR) is 84.7 cm³/mol. The first-order valence-corrected chi connectivity index (χ1v) is 7.65. The highest BCUT2D eigenvalue weighted by atomic mass is 79.9. The van der Waals surface area contributed by atoms with E-state index in [1.165, 1.54) is 15.3 Å². The molecule has 98 valence electrons. The van der Waals surface area contributed by atoms with E-state index < -0.39 is 0 Å². The van der Waals surface area contributed by atoms with E-state index in [0.29, 0.717) is 5.56 Å². The van der Waals surface area contributed by atoms with Crippen LogP contribution < -0.4 is 5.32 Å². The molecule has 0 aliphatic heterocycles. The van der Waals surface area contributed by atoms with Gasteiger partial charge in [-0.3, -0.25) is 0 Å². The van der Waals surface area contributed by atoms with Crippen LogP contribution in [-0.4, -0.2) is 0 Å². The molecule has 0 fully saturated rings. The SMILES string of the molecule is Cc1cc(C(C)Nc2cc(Br)ccc2C#N)c(C)s1. The number of hydrogen-bond donors (Lipinski definition) is 1. The summed E-state index contributed by atoms with van der Waals surface area (Å²) in [5.41, 5.74) is 2.83. The third kappa shape index (κ3) is 3.17. The number of anilines is 1. The Morgan fingerprint density at radius 1 is 1.32 bits per heavy atom. The highest BCUT2D eigenvalue weighted by Gasteiger charge is 2.13. The number of nitrogens with zero attached hydrogens (tertiary/aromatic N) is 1. The Labute approximate surface area is 126 Å². The van der Waals surface area contributed by atoms with Gasteiger partial charge in [-0.05, 0) is 50.6 Å². The van der Waals surface area contributed by atoms with Crippen LogP contribution >= 0.6 is 27.3 Å². The summed E-state index contributed by atoms with van der Waals surface area (Å²) in [6.45, 7) is 6.38. The molecular weight excluding hydrogens is 320 g/mol. The highest BCUT2D eigenvalue weighted by Crippen LogP contribution is 2.30. The first-order chi connectivity index (χ1) is 9.01. The molecule has 1 unspecified atom stereocenters. The molecule has 0 aliphatic carbocycles. The van der Waals surface area contributed by atoms with Crippen molar-refractivity contribution >= 4 is 33.0 Å². The molecule has 1 aromatic heterocycles. The lowest BCUT2D eigenvalue weighted by atomic mass is 10.1. The molecule has 0 bridgehead atoms. The van der Waals surface area contributed by atoms with Crippen molar-refractivity contribution in [2.24, 2.45) is 0 Å². The number of hydrogen-bond acceptors (Lipinski definition) is 3. The molecule has 2 nitrogen and oxygen atoms in total. The second-order valence-electron chi connectivity index (χ2n) is 4.54. The minimum absolute atomic E-state index is 0.186. The summed E-state index contributed by atoms with van der Waals surface area (Å²) in [4.78, 5) is 2.64. The first-order valence-electron chi connectivity index (χ1n) is 6.04. The maximum Gasteiger partial charge on any atom is 0.101 e. The maximum atomic E-state index is 9.15. The van der Waals surface area contributed by atoms with Gasteiger partial charge in [-0.15, -0.1) is 11.3 Å². The molecule has 1 aromatic carbocycles. The lowest BCUT2D eigenvalue weighted by Crippen LogP contribution is -2.08. The monoisotopic (exact) mass is 334 g/mol. The minimum Gasteiger partial charge on any atom is -0.377 e. The molecule has 0 spiro atoms. The lowest BCUT2D eigenvalue weighted by Gasteiger charge is -2.16. The second kappa shape index (κ2) is 5.77. The summed E-state index contributed by atoms with van der Waals surface area (Å²) >= 11 is 5.25. The number of aryl methyl sites for hydroxylation is 2. The quantitative estimate of drug-likeness (QED) is 0.840. The van der Waals surface area contributed by atoms with E-state index in [9.17, 15) is 0 Å². The van der Waals surface area contributed by atoms with Crippen molar-refractivity contribution in [1.29, 1.82) is 5.26 Å². The number of benzene rings is 1. The maximum absolute atomic E-state index is 9.15. The average Bonchev–Trinajstić information content (AvgIpc) is 2.69. The van der Waals surface area contributed by atoms with E-state index in [1.807, 2.05) is 18.2 Å². The van der Waals surface area contributed by atoms with Crippen LogP contribution in [0.4, 0.5) is 5.69 Å². The van der Waals surface area contributed by atoms with Gasteiger partial charge in [0.1, 0.15) is 6.07 Å². The van der Waals surface area contributed by atoms with Gasteiger partial charge in [0.25, 0.3) is 0 Å². The Hall–Kier alpha value is -1.31. The van der Waals surface area contributed by atoms with E-state index in [0.717, 1.165) is 10.2 Å². The fourth-order valence-electron chi connectivity index (χ4n) is 2.12. The molecule has 1 atom stereocenters. The largest absolute Gasteiger partial charge is 0.377 e. The lowest BCUT2D eigenvalue weighted by molar-refractivity contribution is 0.881. The van der Waals surface area contributed by atoms with E-state index >= 15 is 0 Å². The van der Waals surface area contributed by atoms with Crippen LogP contribution in [0.15, 0.2) is 28.7 Å². The van der Waals surface area contributed by atoms with Gasteiger partial charge >= 0.3 is 0 Å². The molecule has 2 aromatic rings. The summed E-state index contributed by atoms with van der Waals surface area (Å²) < 4.78 is 0.972. The highest BCUT2D eigenvalue weighted by molar-refractivity contribution is 9.10. The molecule has 0 aliphatic rings. The van der Waals surface area contributed by atoms with Crippen LogP contribution in [0.1, 0.15) is 33.8 Å². The van der Waals surface area contributed by atoms with Gasteiger partial charge in [-0.25, -0.2) is 0 Å². The summed E-state index contributed by atoms with van der Waals surface area (Å²) in [5.74, 6) is 0. The van der Waals surface area contributed by atoms with Crippen LogP contribution in [-0.2, 0) is 0 Å². The number of thiophene rings is 1. The third-order valence-corrected chi connectivity index (χ3v) is 4.49. The Morgan fingerprint density at radius 2 is 2.05 bits per heavy atom. The Morgan fingerprint density at radius 3 is 2.63 bits per heavy atom. The van der Waals surface area contributed by atoms with Gasteiger partial charge in [-0.1, -0.05) is 15.9 Å². The number of rotatable bonds is 3. The van der Waals surface area contributed by atoms with Crippen LogP contribution in [0.2, 0.25) is 0 Å². The summed E-state index contributed by atoms with van der Waals surface area (Å²) in [5, 5.41) is 12.6. The van der Waals surface area contributed by atoms with Gasteiger partial charge in [0.2, 0.25) is 0 Å². The van der Waals surface area contributed by atoms with Crippen molar-refractivity contribution in [3.8, 4) is 6.07 Å². The molecule has 0 radical (unpaired) electrons. The van der Waals surface area contributed by atoms with Crippen LogP contribution in [0, 0.1) is 25.2 Å². The van der Waals surface area contributed by atoms with Crippen molar-refractivity contribution in [3.05, 3.63) is 49.6 Å². The zero-order chi connectivity index (χ0) is 14.0. The normalized spacial score (nSPS) is 11.9. The van der Waals surface area contributed by atoms with E-state index in [4.69, 9.17) is 5.26 Å². The van der Waals surface area contributed by atoms with Gasteiger partial charge in [0.15, 0.2) is 0 Å². The van der Waals surface area contributed by atoms with Crippen molar-refractivity contribution in [2.45, 2.75) is 26.8 Å².